The summed E-state index contributed by atoms with van der Waals surface area (Å²) in [6.45, 7) is 6.04. The number of carbonyl (C=O) groups excluding carboxylic acids is 1. The van der Waals surface area contributed by atoms with Crippen molar-refractivity contribution in [3.05, 3.63) is 65.7 Å². The smallest absolute Gasteiger partial charge is 0.410 e. The van der Waals surface area contributed by atoms with E-state index in [1.165, 1.54) is 12.3 Å². The van der Waals surface area contributed by atoms with Gasteiger partial charge < -0.3 is 15.1 Å². The molecular formula is C22H23F3N4O2. The first-order valence-corrected chi connectivity index (χ1v) is 9.91. The largest absolute Gasteiger partial charge is 0.467 e. The van der Waals surface area contributed by atoms with Gasteiger partial charge in [0.15, 0.2) is 11.7 Å². The zero-order valence-corrected chi connectivity index (χ0v) is 17.3. The number of halogens is 3. The third kappa shape index (κ3) is 4.17. The molecule has 2 N–H and O–H groups in total. The molecule has 0 spiro atoms. The number of anilines is 2. The van der Waals surface area contributed by atoms with Crippen LogP contribution >= 0.6 is 0 Å². The van der Waals surface area contributed by atoms with Crippen molar-refractivity contribution in [3.63, 3.8) is 0 Å². The molecule has 1 amide bonds. The second-order valence-corrected chi connectivity index (χ2v) is 8.61. The van der Waals surface area contributed by atoms with Crippen LogP contribution in [0, 0.1) is 0 Å². The average molecular weight is 432 g/mol. The van der Waals surface area contributed by atoms with E-state index < -0.39 is 24.2 Å². The van der Waals surface area contributed by atoms with Gasteiger partial charge in [-0.3, -0.25) is 4.79 Å². The van der Waals surface area contributed by atoms with Gasteiger partial charge in [-0.05, 0) is 29.2 Å². The summed E-state index contributed by atoms with van der Waals surface area (Å²) in [7, 11) is 0. The van der Waals surface area contributed by atoms with E-state index >= 15 is 0 Å². The maximum Gasteiger partial charge on any atom is 0.410 e. The first kappa shape index (κ1) is 21.0. The van der Waals surface area contributed by atoms with Crippen LogP contribution in [0.15, 0.2) is 53.1 Å². The molecule has 3 aromatic rings. The summed E-state index contributed by atoms with van der Waals surface area (Å²) in [6, 6.07) is 9.36. The summed E-state index contributed by atoms with van der Waals surface area (Å²) >= 11 is 0. The lowest BCUT2D eigenvalue weighted by molar-refractivity contribution is -0.174. The second kappa shape index (κ2) is 7.47. The van der Waals surface area contributed by atoms with Crippen molar-refractivity contribution in [3.8, 4) is 0 Å². The van der Waals surface area contributed by atoms with E-state index in [-0.39, 0.29) is 23.3 Å². The van der Waals surface area contributed by atoms with Crippen molar-refractivity contribution in [2.24, 2.45) is 0 Å². The Morgan fingerprint density at radius 3 is 2.58 bits per heavy atom. The predicted octanol–water partition coefficient (Wildman–Crippen LogP) is 5.69. The number of carbonyl (C=O) groups is 1. The molecule has 2 atom stereocenters. The molecule has 9 heteroatoms. The van der Waals surface area contributed by atoms with E-state index in [0.29, 0.717) is 11.4 Å². The van der Waals surface area contributed by atoms with Crippen molar-refractivity contribution in [1.29, 1.82) is 0 Å². The van der Waals surface area contributed by atoms with E-state index in [1.807, 2.05) is 32.9 Å². The van der Waals surface area contributed by atoms with E-state index in [0.717, 1.165) is 10.2 Å². The Bertz CT molecular complexity index is 1080. The van der Waals surface area contributed by atoms with Crippen molar-refractivity contribution in [1.82, 2.24) is 9.78 Å². The number of nitrogens with zero attached hydrogens (tertiary/aromatic N) is 2. The van der Waals surface area contributed by atoms with Gasteiger partial charge in [-0.2, -0.15) is 18.3 Å². The highest BCUT2D eigenvalue weighted by atomic mass is 19.4. The molecule has 0 fully saturated rings. The number of hydrogen-bond acceptors (Lipinski definition) is 4. The number of para-hydroxylation sites is 1. The van der Waals surface area contributed by atoms with E-state index in [2.05, 4.69) is 15.7 Å². The molecule has 164 valence electrons. The Morgan fingerprint density at radius 2 is 1.94 bits per heavy atom. The highest BCUT2D eigenvalue weighted by molar-refractivity contribution is 6.03. The lowest BCUT2D eigenvalue weighted by atomic mass is 9.86. The average Bonchev–Trinajstić information content (AvgIpc) is 3.35. The molecule has 0 bridgehead atoms. The Hall–Kier alpha value is -3.23. The molecule has 0 saturated heterocycles. The summed E-state index contributed by atoms with van der Waals surface area (Å²) in [5, 5.41) is 9.79. The Kier molecular flexibility index (Phi) is 5.07. The first-order valence-electron chi connectivity index (χ1n) is 9.91. The van der Waals surface area contributed by atoms with Gasteiger partial charge in [0.25, 0.3) is 5.91 Å². The first-order chi connectivity index (χ1) is 14.5. The van der Waals surface area contributed by atoms with Gasteiger partial charge in [-0.25, -0.2) is 4.68 Å². The van der Waals surface area contributed by atoms with E-state index in [4.69, 9.17) is 4.42 Å². The topological polar surface area (TPSA) is 72.1 Å². The fourth-order valence-corrected chi connectivity index (χ4v) is 3.79. The maximum atomic E-state index is 13.8. The van der Waals surface area contributed by atoms with Gasteiger partial charge in [-0.15, -0.1) is 0 Å². The minimum atomic E-state index is -4.53. The standard InChI is InChI=1S/C22H23F3N4O2/c1-21(2,3)13-7-4-5-8-14(13)27-20(30)16-12-19-26-15(17-9-6-10-31-17)11-18(22(23,24)25)29(19)28-16/h4-10,12,15,18,26H,11H2,1-3H3,(H,27,30)/t15-,18-/m0/s1. The maximum absolute atomic E-state index is 13.8. The number of fused-ring (bicyclic) bond motifs is 1. The lowest BCUT2D eigenvalue weighted by Gasteiger charge is -2.32. The van der Waals surface area contributed by atoms with Crippen LogP contribution in [0.5, 0.6) is 0 Å². The Balaban J connectivity index is 1.65. The van der Waals surface area contributed by atoms with E-state index in [9.17, 15) is 18.0 Å². The van der Waals surface area contributed by atoms with Crippen LogP contribution in [0.1, 0.15) is 61.1 Å². The number of benzene rings is 1. The second-order valence-electron chi connectivity index (χ2n) is 8.61. The minimum Gasteiger partial charge on any atom is -0.467 e. The third-order valence-corrected chi connectivity index (χ3v) is 5.29. The summed E-state index contributed by atoms with van der Waals surface area (Å²) in [5.74, 6) is -0.0630. The fraction of sp³-hybridized carbons (Fsp3) is 0.364. The summed E-state index contributed by atoms with van der Waals surface area (Å²) in [4.78, 5) is 12.9. The highest BCUT2D eigenvalue weighted by Crippen LogP contribution is 2.43. The van der Waals surface area contributed by atoms with Crippen LogP contribution in [-0.2, 0) is 5.41 Å². The summed E-state index contributed by atoms with van der Waals surface area (Å²) in [6.07, 6.45) is -3.41. The Morgan fingerprint density at radius 1 is 1.19 bits per heavy atom. The molecule has 0 saturated carbocycles. The van der Waals surface area contributed by atoms with Crippen LogP contribution in [0.3, 0.4) is 0 Å². The van der Waals surface area contributed by atoms with Gasteiger partial charge >= 0.3 is 6.18 Å². The highest BCUT2D eigenvalue weighted by Gasteiger charge is 2.47. The molecule has 0 unspecified atom stereocenters. The molecular weight excluding hydrogens is 409 g/mol. The number of amides is 1. The van der Waals surface area contributed by atoms with Crippen molar-refractivity contribution in [2.75, 3.05) is 10.6 Å². The van der Waals surface area contributed by atoms with Crippen molar-refractivity contribution >= 4 is 17.4 Å². The number of rotatable bonds is 3. The Labute approximate surface area is 177 Å². The van der Waals surface area contributed by atoms with E-state index in [1.54, 1.807) is 24.3 Å². The van der Waals surface area contributed by atoms with Crippen molar-refractivity contribution < 1.29 is 22.4 Å². The molecule has 2 aromatic heterocycles. The lowest BCUT2D eigenvalue weighted by Crippen LogP contribution is -2.35. The van der Waals surface area contributed by atoms with Crippen LogP contribution < -0.4 is 10.6 Å². The SMILES string of the molecule is CC(C)(C)c1ccccc1NC(=O)c1cc2n(n1)[C@H](C(F)(F)F)C[C@@H](c1ccco1)N2. The molecule has 0 radical (unpaired) electrons. The molecule has 31 heavy (non-hydrogen) atoms. The molecule has 0 aliphatic carbocycles. The number of aromatic nitrogens is 2. The molecule has 4 rings (SSSR count). The molecule has 1 aliphatic rings. The normalized spacial score (nSPS) is 18.9. The van der Waals surface area contributed by atoms with Crippen LogP contribution in [-0.4, -0.2) is 21.9 Å². The van der Waals surface area contributed by atoms with Crippen LogP contribution in [0.2, 0.25) is 0 Å². The van der Waals surface area contributed by atoms with Gasteiger partial charge in [0, 0.05) is 18.2 Å². The quantitative estimate of drug-likeness (QED) is 0.558. The van der Waals surface area contributed by atoms with Gasteiger partial charge in [-0.1, -0.05) is 39.0 Å². The molecule has 1 aromatic carbocycles. The molecule has 3 heterocycles. The van der Waals surface area contributed by atoms with Gasteiger partial charge in [0.2, 0.25) is 0 Å². The monoisotopic (exact) mass is 432 g/mol. The number of furan rings is 1. The molecule has 6 nitrogen and oxygen atoms in total. The van der Waals surface area contributed by atoms with Crippen LogP contribution in [0.25, 0.3) is 0 Å². The number of alkyl halides is 3. The van der Waals surface area contributed by atoms with Gasteiger partial charge in [0.1, 0.15) is 11.6 Å². The predicted molar refractivity (Wildman–Crippen MR) is 110 cm³/mol. The fourth-order valence-electron chi connectivity index (χ4n) is 3.79. The molecule has 1 aliphatic heterocycles. The number of nitrogens with one attached hydrogen (secondary N) is 2. The zero-order valence-electron chi connectivity index (χ0n) is 17.3. The van der Waals surface area contributed by atoms with Crippen molar-refractivity contribution in [2.45, 2.75) is 50.9 Å². The minimum absolute atomic E-state index is 0.0967. The third-order valence-electron chi connectivity index (χ3n) is 5.29. The van der Waals surface area contributed by atoms with Crippen LogP contribution in [0.4, 0.5) is 24.7 Å². The van der Waals surface area contributed by atoms with Gasteiger partial charge in [0.05, 0.1) is 12.3 Å². The number of hydrogen-bond donors (Lipinski definition) is 2. The summed E-state index contributed by atoms with van der Waals surface area (Å²) < 4.78 is 47.4. The zero-order chi connectivity index (χ0) is 22.4. The summed E-state index contributed by atoms with van der Waals surface area (Å²) in [5.41, 5.74) is 1.19.